The molecule has 1 aliphatic carbocycles. The van der Waals surface area contributed by atoms with E-state index in [1.165, 1.54) is 0 Å². The molecule has 1 aromatic heterocycles. The highest BCUT2D eigenvalue weighted by atomic mass is 32.1. The second-order valence-corrected chi connectivity index (χ2v) is 5.09. The van der Waals surface area contributed by atoms with Crippen molar-refractivity contribution in [1.82, 2.24) is 15.6 Å². The normalized spacial score (nSPS) is 29.0. The highest BCUT2D eigenvalue weighted by molar-refractivity contribution is 7.80. The SMILES string of the molecule is Cc1nc(C2CCC(S)CC2C(=O)NN)no1. The zero-order chi connectivity index (χ0) is 12.4. The van der Waals surface area contributed by atoms with E-state index in [9.17, 15) is 4.79 Å². The molecule has 7 heteroatoms. The molecule has 0 aromatic carbocycles. The summed E-state index contributed by atoms with van der Waals surface area (Å²) < 4.78 is 4.96. The number of thiol groups is 1. The largest absolute Gasteiger partial charge is 0.340 e. The van der Waals surface area contributed by atoms with E-state index in [4.69, 9.17) is 10.4 Å². The molecule has 0 aliphatic heterocycles. The van der Waals surface area contributed by atoms with Gasteiger partial charge in [0.1, 0.15) is 0 Å². The van der Waals surface area contributed by atoms with E-state index in [2.05, 4.69) is 28.2 Å². The van der Waals surface area contributed by atoms with Crippen LogP contribution in [0.5, 0.6) is 0 Å². The molecule has 94 valence electrons. The molecular formula is C10H16N4O2S. The first-order chi connectivity index (χ1) is 8.11. The van der Waals surface area contributed by atoms with Crippen molar-refractivity contribution in [3.63, 3.8) is 0 Å². The van der Waals surface area contributed by atoms with Gasteiger partial charge in [-0.1, -0.05) is 5.16 Å². The lowest BCUT2D eigenvalue weighted by molar-refractivity contribution is -0.126. The van der Waals surface area contributed by atoms with Gasteiger partial charge in [0.15, 0.2) is 5.82 Å². The Balaban J connectivity index is 2.21. The average molecular weight is 256 g/mol. The summed E-state index contributed by atoms with van der Waals surface area (Å²) in [4.78, 5) is 15.9. The zero-order valence-electron chi connectivity index (χ0n) is 9.59. The number of amides is 1. The molecule has 2 rings (SSSR count). The summed E-state index contributed by atoms with van der Waals surface area (Å²) in [5, 5.41) is 4.12. The highest BCUT2D eigenvalue weighted by Crippen LogP contribution is 2.38. The molecule has 6 nitrogen and oxygen atoms in total. The number of carbonyl (C=O) groups is 1. The Morgan fingerprint density at radius 1 is 1.59 bits per heavy atom. The Labute approximate surface area is 105 Å². The molecule has 3 N–H and O–H groups in total. The molecule has 1 aliphatic rings. The summed E-state index contributed by atoms with van der Waals surface area (Å²) in [7, 11) is 0. The summed E-state index contributed by atoms with van der Waals surface area (Å²) in [6.45, 7) is 1.73. The van der Waals surface area contributed by atoms with E-state index in [0.717, 1.165) is 12.8 Å². The first kappa shape index (κ1) is 12.4. The van der Waals surface area contributed by atoms with Gasteiger partial charge in [-0.15, -0.1) is 0 Å². The van der Waals surface area contributed by atoms with Crippen molar-refractivity contribution in [2.24, 2.45) is 11.8 Å². The van der Waals surface area contributed by atoms with Gasteiger partial charge < -0.3 is 4.52 Å². The number of carbonyl (C=O) groups excluding carboxylic acids is 1. The number of aryl methyl sites for hydroxylation is 1. The van der Waals surface area contributed by atoms with Crippen LogP contribution in [0.25, 0.3) is 0 Å². The van der Waals surface area contributed by atoms with Crippen molar-refractivity contribution in [2.45, 2.75) is 37.4 Å². The van der Waals surface area contributed by atoms with Gasteiger partial charge in [-0.3, -0.25) is 10.2 Å². The predicted octanol–water partition coefficient (Wildman–Crippen LogP) is 0.550. The van der Waals surface area contributed by atoms with Gasteiger partial charge in [-0.25, -0.2) is 5.84 Å². The zero-order valence-corrected chi connectivity index (χ0v) is 10.5. The van der Waals surface area contributed by atoms with Crippen LogP contribution in [-0.2, 0) is 4.79 Å². The predicted molar refractivity (Wildman–Crippen MR) is 64.2 cm³/mol. The molecule has 0 spiro atoms. The van der Waals surface area contributed by atoms with Crippen LogP contribution in [0.1, 0.15) is 36.9 Å². The summed E-state index contributed by atoms with van der Waals surface area (Å²) in [5.74, 6) is 5.87. The minimum Gasteiger partial charge on any atom is -0.340 e. The Morgan fingerprint density at radius 2 is 2.35 bits per heavy atom. The number of hydrogen-bond acceptors (Lipinski definition) is 6. The van der Waals surface area contributed by atoms with E-state index < -0.39 is 0 Å². The van der Waals surface area contributed by atoms with Gasteiger partial charge in [0.05, 0.1) is 5.92 Å². The molecule has 1 heterocycles. The van der Waals surface area contributed by atoms with Gasteiger partial charge in [0.25, 0.3) is 0 Å². The fraction of sp³-hybridized carbons (Fsp3) is 0.700. The third-order valence-electron chi connectivity index (χ3n) is 3.18. The van der Waals surface area contributed by atoms with Crippen LogP contribution >= 0.6 is 12.6 Å². The van der Waals surface area contributed by atoms with Crippen molar-refractivity contribution in [2.75, 3.05) is 0 Å². The number of aromatic nitrogens is 2. The number of nitrogens with one attached hydrogen (secondary N) is 1. The van der Waals surface area contributed by atoms with Crippen molar-refractivity contribution in [3.05, 3.63) is 11.7 Å². The summed E-state index contributed by atoms with van der Waals surface area (Å²) in [6, 6.07) is 0. The molecule has 3 atom stereocenters. The third-order valence-corrected chi connectivity index (χ3v) is 3.65. The van der Waals surface area contributed by atoms with Gasteiger partial charge in [0.2, 0.25) is 11.8 Å². The fourth-order valence-electron chi connectivity index (χ4n) is 2.32. The average Bonchev–Trinajstić information content (AvgIpc) is 2.74. The van der Waals surface area contributed by atoms with E-state index in [1.54, 1.807) is 6.92 Å². The van der Waals surface area contributed by atoms with Crippen molar-refractivity contribution < 1.29 is 9.32 Å². The van der Waals surface area contributed by atoms with Gasteiger partial charge in [-0.05, 0) is 19.3 Å². The molecule has 1 saturated carbocycles. The molecular weight excluding hydrogens is 240 g/mol. The first-order valence-electron chi connectivity index (χ1n) is 5.60. The van der Waals surface area contributed by atoms with E-state index in [1.807, 2.05) is 0 Å². The van der Waals surface area contributed by atoms with Crippen LogP contribution in [-0.4, -0.2) is 21.3 Å². The second kappa shape index (κ2) is 5.05. The molecule has 1 amide bonds. The summed E-state index contributed by atoms with van der Waals surface area (Å²) >= 11 is 4.43. The Kier molecular flexibility index (Phi) is 3.68. The number of nitrogens with zero attached hydrogens (tertiary/aromatic N) is 2. The maximum Gasteiger partial charge on any atom is 0.237 e. The first-order valence-corrected chi connectivity index (χ1v) is 6.12. The molecule has 1 aromatic rings. The van der Waals surface area contributed by atoms with Gasteiger partial charge in [0, 0.05) is 18.1 Å². The van der Waals surface area contributed by atoms with Crippen molar-refractivity contribution >= 4 is 18.5 Å². The van der Waals surface area contributed by atoms with Crippen LogP contribution in [0.2, 0.25) is 0 Å². The number of nitrogens with two attached hydrogens (primary N) is 1. The fourth-order valence-corrected chi connectivity index (χ4v) is 2.70. The van der Waals surface area contributed by atoms with E-state index in [0.29, 0.717) is 18.1 Å². The third kappa shape index (κ3) is 2.61. The smallest absolute Gasteiger partial charge is 0.237 e. The van der Waals surface area contributed by atoms with Crippen molar-refractivity contribution in [3.8, 4) is 0 Å². The van der Waals surface area contributed by atoms with Crippen LogP contribution in [0.4, 0.5) is 0 Å². The summed E-state index contributed by atoms with van der Waals surface area (Å²) in [6.07, 6.45) is 2.45. The van der Waals surface area contributed by atoms with Crippen LogP contribution < -0.4 is 11.3 Å². The lowest BCUT2D eigenvalue weighted by Gasteiger charge is -2.31. The van der Waals surface area contributed by atoms with E-state index in [-0.39, 0.29) is 23.0 Å². The Bertz CT molecular complexity index is 409. The quantitative estimate of drug-likeness (QED) is 0.311. The van der Waals surface area contributed by atoms with Crippen LogP contribution in [0, 0.1) is 12.8 Å². The minimum atomic E-state index is -0.228. The Hall–Kier alpha value is -1.08. The lowest BCUT2D eigenvalue weighted by Crippen LogP contribution is -2.41. The topological polar surface area (TPSA) is 94.0 Å². The highest BCUT2D eigenvalue weighted by Gasteiger charge is 2.37. The van der Waals surface area contributed by atoms with E-state index >= 15 is 0 Å². The minimum absolute atomic E-state index is 0.0283. The number of hydrazine groups is 1. The standard InChI is InChI=1S/C10H16N4O2S/c1-5-12-9(14-16-5)7-3-2-6(17)4-8(7)10(15)13-11/h6-8,17H,2-4,11H2,1H3,(H,13,15). The molecule has 3 unspecified atom stereocenters. The molecule has 17 heavy (non-hydrogen) atoms. The monoisotopic (exact) mass is 256 g/mol. The Morgan fingerprint density at radius 3 is 2.94 bits per heavy atom. The molecule has 0 radical (unpaired) electrons. The van der Waals surface area contributed by atoms with Crippen LogP contribution in [0.15, 0.2) is 4.52 Å². The maximum atomic E-state index is 11.7. The van der Waals surface area contributed by atoms with Crippen LogP contribution in [0.3, 0.4) is 0 Å². The van der Waals surface area contributed by atoms with Crippen molar-refractivity contribution in [1.29, 1.82) is 0 Å². The lowest BCUT2D eigenvalue weighted by atomic mass is 9.78. The molecule has 1 fully saturated rings. The molecule has 0 bridgehead atoms. The number of hydrogen-bond donors (Lipinski definition) is 3. The molecule has 0 saturated heterocycles. The second-order valence-electron chi connectivity index (χ2n) is 4.36. The van der Waals surface area contributed by atoms with Gasteiger partial charge in [-0.2, -0.15) is 17.6 Å². The summed E-state index contributed by atoms with van der Waals surface area (Å²) in [5.41, 5.74) is 2.20. The maximum absolute atomic E-state index is 11.7. The van der Waals surface area contributed by atoms with Gasteiger partial charge >= 0.3 is 0 Å². The number of rotatable bonds is 2.